The maximum Gasteiger partial charge on any atom is 0.0543 e. The van der Waals surface area contributed by atoms with Gasteiger partial charge in [0.05, 0.1) is 11.7 Å². The molecule has 0 aliphatic rings. The molecule has 4 heteroatoms. The lowest BCUT2D eigenvalue weighted by Gasteiger charge is -2.19. The van der Waals surface area contributed by atoms with Crippen LogP contribution in [-0.2, 0) is 12.1 Å². The van der Waals surface area contributed by atoms with Crippen LogP contribution in [0, 0.1) is 0 Å². The fourth-order valence-electron chi connectivity index (χ4n) is 2.03. The summed E-state index contributed by atoms with van der Waals surface area (Å²) in [4.78, 5) is 0. The highest BCUT2D eigenvalue weighted by Gasteiger charge is 2.14. The Morgan fingerprint density at radius 2 is 2.00 bits per heavy atom. The predicted molar refractivity (Wildman–Crippen MR) is 83.9 cm³/mol. The molecule has 0 spiro atoms. The van der Waals surface area contributed by atoms with Gasteiger partial charge in [-0.3, -0.25) is 4.68 Å². The zero-order valence-corrected chi connectivity index (χ0v) is 13.3. The van der Waals surface area contributed by atoms with Gasteiger partial charge >= 0.3 is 0 Å². The van der Waals surface area contributed by atoms with Crippen molar-refractivity contribution >= 4 is 11.6 Å². The van der Waals surface area contributed by atoms with Gasteiger partial charge in [-0.25, -0.2) is 0 Å². The summed E-state index contributed by atoms with van der Waals surface area (Å²) in [6.45, 7) is 9.33. The average molecular weight is 292 g/mol. The van der Waals surface area contributed by atoms with Crippen molar-refractivity contribution in [1.82, 2.24) is 15.1 Å². The van der Waals surface area contributed by atoms with Gasteiger partial charge in [0, 0.05) is 29.4 Å². The minimum absolute atomic E-state index is 0.0204. The van der Waals surface area contributed by atoms with Crippen LogP contribution in [0.4, 0.5) is 0 Å². The summed E-state index contributed by atoms with van der Waals surface area (Å²) < 4.78 is 1.99. The van der Waals surface area contributed by atoms with Crippen molar-refractivity contribution in [1.29, 1.82) is 0 Å². The smallest absolute Gasteiger partial charge is 0.0543 e. The van der Waals surface area contributed by atoms with Crippen LogP contribution in [0.2, 0.25) is 5.02 Å². The zero-order valence-electron chi connectivity index (χ0n) is 12.5. The predicted octanol–water partition coefficient (Wildman–Crippen LogP) is 4.14. The average Bonchev–Trinajstić information content (AvgIpc) is 2.85. The topological polar surface area (TPSA) is 29.9 Å². The molecular weight excluding hydrogens is 270 g/mol. The lowest BCUT2D eigenvalue weighted by Crippen LogP contribution is -2.22. The molecular formula is C16H22ClN3. The molecule has 1 aromatic carbocycles. The third-order valence-electron chi connectivity index (χ3n) is 3.31. The van der Waals surface area contributed by atoms with Gasteiger partial charge in [0.2, 0.25) is 0 Å². The van der Waals surface area contributed by atoms with Crippen LogP contribution in [0.3, 0.4) is 0 Å². The molecule has 0 fully saturated rings. The summed E-state index contributed by atoms with van der Waals surface area (Å²) in [5.41, 5.74) is 2.32. The van der Waals surface area contributed by atoms with E-state index in [1.807, 2.05) is 29.1 Å². The SMILES string of the molecule is CC(NCc1cnn(C(C)(C)C)c1)c1ccccc1Cl. The van der Waals surface area contributed by atoms with E-state index in [9.17, 15) is 0 Å². The summed E-state index contributed by atoms with van der Waals surface area (Å²) in [6, 6.07) is 8.15. The van der Waals surface area contributed by atoms with E-state index in [0.29, 0.717) is 0 Å². The number of hydrogen-bond donors (Lipinski definition) is 1. The number of rotatable bonds is 4. The Bertz CT molecular complexity index is 569. The van der Waals surface area contributed by atoms with Crippen LogP contribution in [0.15, 0.2) is 36.7 Å². The Balaban J connectivity index is 1.99. The summed E-state index contributed by atoms with van der Waals surface area (Å²) in [5, 5.41) is 8.69. The van der Waals surface area contributed by atoms with Crippen LogP contribution < -0.4 is 5.32 Å². The Morgan fingerprint density at radius 1 is 1.30 bits per heavy atom. The third-order valence-corrected chi connectivity index (χ3v) is 3.65. The van der Waals surface area contributed by atoms with Crippen LogP contribution in [-0.4, -0.2) is 9.78 Å². The van der Waals surface area contributed by atoms with Gasteiger partial charge < -0.3 is 5.32 Å². The summed E-state index contributed by atoms with van der Waals surface area (Å²) >= 11 is 6.21. The number of benzene rings is 1. The van der Waals surface area contributed by atoms with Crippen molar-refractivity contribution < 1.29 is 0 Å². The van der Waals surface area contributed by atoms with Crippen LogP contribution in [0.25, 0.3) is 0 Å². The first-order valence-corrected chi connectivity index (χ1v) is 7.27. The van der Waals surface area contributed by atoms with Crippen molar-refractivity contribution in [3.05, 3.63) is 52.8 Å². The van der Waals surface area contributed by atoms with Gasteiger partial charge in [-0.2, -0.15) is 5.10 Å². The van der Waals surface area contributed by atoms with Gasteiger partial charge in [0.15, 0.2) is 0 Å². The fraction of sp³-hybridized carbons (Fsp3) is 0.438. The fourth-order valence-corrected chi connectivity index (χ4v) is 2.32. The zero-order chi connectivity index (χ0) is 14.8. The summed E-state index contributed by atoms with van der Waals surface area (Å²) in [7, 11) is 0. The number of nitrogens with zero attached hydrogens (tertiary/aromatic N) is 2. The van der Waals surface area contributed by atoms with E-state index in [1.165, 1.54) is 5.56 Å². The highest BCUT2D eigenvalue weighted by atomic mass is 35.5. The minimum Gasteiger partial charge on any atom is -0.306 e. The van der Waals surface area contributed by atoms with Crippen molar-refractivity contribution in [2.24, 2.45) is 0 Å². The normalized spacial score (nSPS) is 13.4. The Hall–Kier alpha value is -1.32. The molecule has 0 bridgehead atoms. The van der Waals surface area contributed by atoms with Crippen molar-refractivity contribution in [2.45, 2.75) is 45.8 Å². The van der Waals surface area contributed by atoms with Crippen molar-refractivity contribution in [3.8, 4) is 0 Å². The molecule has 1 heterocycles. The van der Waals surface area contributed by atoms with E-state index in [1.54, 1.807) is 0 Å². The van der Waals surface area contributed by atoms with Crippen LogP contribution >= 0.6 is 11.6 Å². The lowest BCUT2D eigenvalue weighted by molar-refractivity contribution is 0.355. The van der Waals surface area contributed by atoms with E-state index >= 15 is 0 Å². The summed E-state index contributed by atoms with van der Waals surface area (Å²) in [6.07, 6.45) is 4.00. The number of halogens is 1. The van der Waals surface area contributed by atoms with Crippen LogP contribution in [0.5, 0.6) is 0 Å². The first kappa shape index (κ1) is 15.1. The van der Waals surface area contributed by atoms with E-state index < -0.39 is 0 Å². The molecule has 108 valence electrons. The second-order valence-electron chi connectivity index (χ2n) is 6.09. The maximum absolute atomic E-state index is 6.21. The second-order valence-corrected chi connectivity index (χ2v) is 6.50. The molecule has 3 nitrogen and oxygen atoms in total. The van der Waals surface area contributed by atoms with Gasteiger partial charge in [-0.1, -0.05) is 29.8 Å². The Labute approximate surface area is 126 Å². The molecule has 1 unspecified atom stereocenters. The first-order valence-electron chi connectivity index (χ1n) is 6.90. The van der Waals surface area contributed by atoms with Gasteiger partial charge in [-0.05, 0) is 39.3 Å². The molecule has 2 aromatic rings. The van der Waals surface area contributed by atoms with Gasteiger partial charge in [-0.15, -0.1) is 0 Å². The second kappa shape index (κ2) is 5.98. The highest BCUT2D eigenvalue weighted by Crippen LogP contribution is 2.22. The summed E-state index contributed by atoms with van der Waals surface area (Å²) in [5.74, 6) is 0. The molecule has 0 amide bonds. The third kappa shape index (κ3) is 3.62. The van der Waals surface area contributed by atoms with E-state index in [4.69, 9.17) is 11.6 Å². The molecule has 0 aliphatic carbocycles. The maximum atomic E-state index is 6.21. The van der Waals surface area contributed by atoms with Crippen LogP contribution in [0.1, 0.15) is 44.9 Å². The molecule has 1 N–H and O–H groups in total. The van der Waals surface area contributed by atoms with Gasteiger partial charge in [0.25, 0.3) is 0 Å². The van der Waals surface area contributed by atoms with E-state index in [-0.39, 0.29) is 11.6 Å². The van der Waals surface area contributed by atoms with Crippen molar-refractivity contribution in [3.63, 3.8) is 0 Å². The lowest BCUT2D eigenvalue weighted by atomic mass is 10.1. The van der Waals surface area contributed by atoms with E-state index in [2.05, 4.69) is 50.4 Å². The Kier molecular flexibility index (Phi) is 4.51. The monoisotopic (exact) mass is 291 g/mol. The van der Waals surface area contributed by atoms with Crippen molar-refractivity contribution in [2.75, 3.05) is 0 Å². The number of hydrogen-bond acceptors (Lipinski definition) is 2. The molecule has 2 rings (SSSR count). The highest BCUT2D eigenvalue weighted by molar-refractivity contribution is 6.31. The molecule has 1 atom stereocenters. The minimum atomic E-state index is 0.0204. The standard InChI is InChI=1S/C16H22ClN3/c1-12(14-7-5-6-8-15(14)17)18-9-13-10-19-20(11-13)16(2,3)4/h5-8,10-12,18H,9H2,1-4H3. The van der Waals surface area contributed by atoms with E-state index in [0.717, 1.165) is 17.1 Å². The molecule has 0 radical (unpaired) electrons. The number of aromatic nitrogens is 2. The molecule has 0 aliphatic heterocycles. The first-order chi connectivity index (χ1) is 9.38. The Morgan fingerprint density at radius 3 is 2.60 bits per heavy atom. The molecule has 0 saturated carbocycles. The van der Waals surface area contributed by atoms with Gasteiger partial charge in [0.1, 0.15) is 0 Å². The largest absolute Gasteiger partial charge is 0.306 e. The quantitative estimate of drug-likeness (QED) is 0.917. The molecule has 0 saturated heterocycles. The number of nitrogens with one attached hydrogen (secondary N) is 1. The molecule has 20 heavy (non-hydrogen) atoms. The molecule has 1 aromatic heterocycles.